The molecule has 6 nitrogen and oxygen atoms in total. The SMILES string of the molecule is CCCOCC(=O)Nc1cccc(S(N)(=O)=O)c1C. The van der Waals surface area contributed by atoms with Gasteiger partial charge in [0, 0.05) is 12.3 Å². The number of carbonyl (C=O) groups excluding carboxylic acids is 1. The second-order valence-electron chi connectivity index (χ2n) is 4.07. The van der Waals surface area contributed by atoms with Crippen LogP contribution in [0.4, 0.5) is 5.69 Å². The molecule has 0 radical (unpaired) electrons. The van der Waals surface area contributed by atoms with Crippen LogP contribution < -0.4 is 10.5 Å². The lowest BCUT2D eigenvalue weighted by molar-refractivity contribution is -0.120. The number of rotatable bonds is 6. The highest BCUT2D eigenvalue weighted by molar-refractivity contribution is 7.89. The van der Waals surface area contributed by atoms with E-state index in [0.29, 0.717) is 17.9 Å². The van der Waals surface area contributed by atoms with Crippen molar-refractivity contribution in [1.29, 1.82) is 0 Å². The van der Waals surface area contributed by atoms with E-state index in [2.05, 4.69) is 5.32 Å². The predicted octanol–water partition coefficient (Wildman–Crippen LogP) is 1.01. The molecule has 0 aliphatic carbocycles. The smallest absolute Gasteiger partial charge is 0.250 e. The van der Waals surface area contributed by atoms with Crippen LogP contribution in [0.5, 0.6) is 0 Å². The maximum atomic E-state index is 11.6. The molecule has 0 saturated carbocycles. The first-order valence-electron chi connectivity index (χ1n) is 5.86. The number of anilines is 1. The van der Waals surface area contributed by atoms with Gasteiger partial charge < -0.3 is 10.1 Å². The van der Waals surface area contributed by atoms with E-state index in [1.54, 1.807) is 13.0 Å². The molecule has 0 bridgehead atoms. The molecule has 0 aromatic heterocycles. The third-order valence-electron chi connectivity index (χ3n) is 2.45. The number of nitrogens with two attached hydrogens (primary N) is 1. The molecule has 0 fully saturated rings. The molecule has 0 heterocycles. The zero-order valence-electron chi connectivity index (χ0n) is 11.0. The van der Waals surface area contributed by atoms with Crippen LogP contribution in [-0.4, -0.2) is 27.5 Å². The Morgan fingerprint density at radius 1 is 1.42 bits per heavy atom. The van der Waals surface area contributed by atoms with Crippen molar-refractivity contribution in [3.05, 3.63) is 23.8 Å². The largest absolute Gasteiger partial charge is 0.372 e. The molecule has 0 unspecified atom stereocenters. The van der Waals surface area contributed by atoms with Crippen LogP contribution in [-0.2, 0) is 19.6 Å². The third kappa shape index (κ3) is 4.62. The van der Waals surface area contributed by atoms with Gasteiger partial charge in [0.2, 0.25) is 15.9 Å². The summed E-state index contributed by atoms with van der Waals surface area (Å²) in [5, 5.41) is 7.69. The first-order chi connectivity index (χ1) is 8.86. The fourth-order valence-electron chi connectivity index (χ4n) is 1.55. The minimum atomic E-state index is -3.80. The first-order valence-corrected chi connectivity index (χ1v) is 7.41. The lowest BCUT2D eigenvalue weighted by Crippen LogP contribution is -2.20. The molecule has 0 atom stereocenters. The number of nitrogens with one attached hydrogen (secondary N) is 1. The van der Waals surface area contributed by atoms with E-state index in [9.17, 15) is 13.2 Å². The van der Waals surface area contributed by atoms with Crippen molar-refractivity contribution in [3.8, 4) is 0 Å². The van der Waals surface area contributed by atoms with E-state index in [1.807, 2.05) is 6.92 Å². The molecule has 106 valence electrons. The molecule has 7 heteroatoms. The fourth-order valence-corrected chi connectivity index (χ4v) is 2.36. The van der Waals surface area contributed by atoms with Crippen LogP contribution in [0.25, 0.3) is 0 Å². The van der Waals surface area contributed by atoms with Crippen molar-refractivity contribution in [1.82, 2.24) is 0 Å². The van der Waals surface area contributed by atoms with Crippen LogP contribution in [0.3, 0.4) is 0 Å². The highest BCUT2D eigenvalue weighted by Gasteiger charge is 2.14. The van der Waals surface area contributed by atoms with E-state index in [4.69, 9.17) is 9.88 Å². The predicted molar refractivity (Wildman–Crippen MR) is 72.3 cm³/mol. The Labute approximate surface area is 113 Å². The van der Waals surface area contributed by atoms with Crippen molar-refractivity contribution < 1.29 is 17.9 Å². The van der Waals surface area contributed by atoms with Crippen molar-refractivity contribution >= 4 is 21.6 Å². The number of ether oxygens (including phenoxy) is 1. The molecule has 1 aromatic rings. The van der Waals surface area contributed by atoms with Crippen molar-refractivity contribution in [2.45, 2.75) is 25.2 Å². The highest BCUT2D eigenvalue weighted by atomic mass is 32.2. The van der Waals surface area contributed by atoms with Gasteiger partial charge in [0.25, 0.3) is 0 Å². The molecule has 0 aliphatic rings. The summed E-state index contributed by atoms with van der Waals surface area (Å²) in [6.45, 7) is 3.97. The van der Waals surface area contributed by atoms with Gasteiger partial charge in [-0.05, 0) is 31.0 Å². The van der Waals surface area contributed by atoms with Crippen molar-refractivity contribution in [3.63, 3.8) is 0 Å². The summed E-state index contributed by atoms with van der Waals surface area (Å²) in [5.74, 6) is -0.330. The second-order valence-corrected chi connectivity index (χ2v) is 5.60. The molecular weight excluding hydrogens is 268 g/mol. The maximum Gasteiger partial charge on any atom is 0.250 e. The average molecular weight is 286 g/mol. The van der Waals surface area contributed by atoms with Crippen LogP contribution in [0.1, 0.15) is 18.9 Å². The Hall–Kier alpha value is -1.44. The molecule has 19 heavy (non-hydrogen) atoms. The van der Waals surface area contributed by atoms with Crippen molar-refractivity contribution in [2.75, 3.05) is 18.5 Å². The van der Waals surface area contributed by atoms with Gasteiger partial charge in [-0.15, -0.1) is 0 Å². The van der Waals surface area contributed by atoms with E-state index < -0.39 is 10.0 Å². The molecule has 1 amide bonds. The monoisotopic (exact) mass is 286 g/mol. The average Bonchev–Trinajstić information content (AvgIpc) is 2.30. The molecule has 0 saturated heterocycles. The van der Waals surface area contributed by atoms with Crippen LogP contribution in [0.2, 0.25) is 0 Å². The minimum Gasteiger partial charge on any atom is -0.372 e. The molecule has 1 aromatic carbocycles. The summed E-state index contributed by atoms with van der Waals surface area (Å²) in [6.07, 6.45) is 0.827. The van der Waals surface area contributed by atoms with Crippen LogP contribution in [0, 0.1) is 6.92 Å². The quantitative estimate of drug-likeness (QED) is 0.762. The standard InChI is InChI=1S/C12H18N2O4S/c1-3-7-18-8-12(15)14-10-5-4-6-11(9(10)2)19(13,16)17/h4-6H,3,7-8H2,1-2H3,(H,14,15)(H2,13,16,17). The van der Waals surface area contributed by atoms with Gasteiger partial charge in [0.1, 0.15) is 6.61 Å². The summed E-state index contributed by atoms with van der Waals surface area (Å²) in [7, 11) is -3.80. The summed E-state index contributed by atoms with van der Waals surface area (Å²) < 4.78 is 27.8. The van der Waals surface area contributed by atoms with E-state index in [-0.39, 0.29) is 17.4 Å². The molecule has 0 spiro atoms. The molecule has 1 rings (SSSR count). The van der Waals surface area contributed by atoms with Gasteiger partial charge in [0.05, 0.1) is 4.90 Å². The molecule has 0 aliphatic heterocycles. The number of sulfonamides is 1. The number of carbonyl (C=O) groups is 1. The van der Waals surface area contributed by atoms with Gasteiger partial charge in [-0.3, -0.25) is 4.79 Å². The van der Waals surface area contributed by atoms with E-state index >= 15 is 0 Å². The lowest BCUT2D eigenvalue weighted by atomic mass is 10.2. The van der Waals surface area contributed by atoms with Gasteiger partial charge in [-0.25, -0.2) is 13.6 Å². The summed E-state index contributed by atoms with van der Waals surface area (Å²) >= 11 is 0. The normalized spacial score (nSPS) is 11.3. The maximum absolute atomic E-state index is 11.6. The lowest BCUT2D eigenvalue weighted by Gasteiger charge is -2.11. The summed E-state index contributed by atoms with van der Waals surface area (Å²) in [4.78, 5) is 11.6. The van der Waals surface area contributed by atoms with E-state index in [0.717, 1.165) is 6.42 Å². The zero-order valence-corrected chi connectivity index (χ0v) is 11.8. The van der Waals surface area contributed by atoms with Crippen LogP contribution in [0.15, 0.2) is 23.1 Å². The Morgan fingerprint density at radius 2 is 2.11 bits per heavy atom. The Morgan fingerprint density at radius 3 is 2.68 bits per heavy atom. The zero-order chi connectivity index (χ0) is 14.5. The third-order valence-corrected chi connectivity index (χ3v) is 3.50. The fraction of sp³-hybridized carbons (Fsp3) is 0.417. The first kappa shape index (κ1) is 15.6. The summed E-state index contributed by atoms with van der Waals surface area (Å²) in [5.41, 5.74) is 0.825. The Bertz CT molecular complexity index is 555. The minimum absolute atomic E-state index is 0.000207. The molecular formula is C12H18N2O4S. The Kier molecular flexibility index (Phi) is 5.46. The van der Waals surface area contributed by atoms with Gasteiger partial charge in [-0.1, -0.05) is 13.0 Å². The van der Waals surface area contributed by atoms with Crippen molar-refractivity contribution in [2.24, 2.45) is 5.14 Å². The number of benzene rings is 1. The highest BCUT2D eigenvalue weighted by Crippen LogP contribution is 2.21. The second kappa shape index (κ2) is 6.65. The number of hydrogen-bond acceptors (Lipinski definition) is 4. The van der Waals surface area contributed by atoms with Gasteiger partial charge in [-0.2, -0.15) is 0 Å². The van der Waals surface area contributed by atoms with Gasteiger partial charge >= 0.3 is 0 Å². The number of primary sulfonamides is 1. The number of amides is 1. The van der Waals surface area contributed by atoms with Crippen LogP contribution >= 0.6 is 0 Å². The Balaban J connectivity index is 2.83. The molecule has 3 N–H and O–H groups in total. The topological polar surface area (TPSA) is 98.5 Å². The van der Waals surface area contributed by atoms with Gasteiger partial charge in [0.15, 0.2) is 0 Å². The summed E-state index contributed by atoms with van der Waals surface area (Å²) in [6, 6.07) is 4.53. The van der Waals surface area contributed by atoms with E-state index in [1.165, 1.54) is 12.1 Å². The number of hydrogen-bond donors (Lipinski definition) is 2.